The normalized spacial score (nSPS) is 13.8. The Morgan fingerprint density at radius 1 is 0.896 bits per heavy atom. The van der Waals surface area contributed by atoms with Crippen molar-refractivity contribution in [1.82, 2.24) is 4.31 Å². The second kappa shape index (κ2) is 13.8. The van der Waals surface area contributed by atoms with Crippen molar-refractivity contribution in [2.24, 2.45) is 0 Å². The standard InChI is InChI=1S/C32H23BrClF5N2O6S/c33-19-10-16(9-18(12-19)17-3-4-17)11-23(31(43)40-21-7-8-22(32(44)45)24(42)13-21)41(14-15-1-5-20(34)6-2-15)48(46,47)30-28(38)26(36)25(35)27(37)29(30)39/h1-2,5-10,12-13,17,23,42H,3-4,11,14H2,(H,40,43)(H,44,45). The fourth-order valence-corrected chi connectivity index (χ4v) is 7.45. The Morgan fingerprint density at radius 3 is 2.06 bits per heavy atom. The summed E-state index contributed by atoms with van der Waals surface area (Å²) in [6, 6.07) is 11.5. The summed E-state index contributed by atoms with van der Waals surface area (Å²) in [5.74, 6) is -16.0. The predicted molar refractivity (Wildman–Crippen MR) is 168 cm³/mol. The first-order valence-corrected chi connectivity index (χ1v) is 16.6. The van der Waals surface area contributed by atoms with E-state index in [1.54, 1.807) is 12.1 Å². The second-order valence-corrected chi connectivity index (χ2v) is 14.2. The molecule has 5 rings (SSSR count). The van der Waals surface area contributed by atoms with Gasteiger partial charge in [0.15, 0.2) is 28.2 Å². The fraction of sp³-hybridized carbons (Fsp3) is 0.188. The minimum Gasteiger partial charge on any atom is -0.507 e. The lowest BCUT2D eigenvalue weighted by Gasteiger charge is -2.31. The lowest BCUT2D eigenvalue weighted by Crippen LogP contribution is -2.48. The Bertz CT molecular complexity index is 2020. The molecule has 0 bridgehead atoms. The highest BCUT2D eigenvalue weighted by Crippen LogP contribution is 2.41. The first kappa shape index (κ1) is 35.3. The summed E-state index contributed by atoms with van der Waals surface area (Å²) in [4.78, 5) is 23.2. The Hall–Kier alpha value is -4.05. The topological polar surface area (TPSA) is 124 Å². The van der Waals surface area contributed by atoms with Crippen LogP contribution in [0.5, 0.6) is 5.75 Å². The highest BCUT2D eigenvalue weighted by molar-refractivity contribution is 9.10. The fourth-order valence-electron chi connectivity index (χ4n) is 5.07. The van der Waals surface area contributed by atoms with Crippen molar-refractivity contribution in [2.45, 2.75) is 42.7 Å². The summed E-state index contributed by atoms with van der Waals surface area (Å²) in [6.45, 7) is -0.802. The summed E-state index contributed by atoms with van der Waals surface area (Å²) in [5.41, 5.74) is 0.662. The zero-order chi connectivity index (χ0) is 35.1. The molecule has 1 atom stereocenters. The maximum absolute atomic E-state index is 15.1. The van der Waals surface area contributed by atoms with E-state index < -0.39 is 86.2 Å². The quantitative estimate of drug-likeness (QED) is 0.0824. The van der Waals surface area contributed by atoms with Gasteiger partial charge >= 0.3 is 5.97 Å². The summed E-state index contributed by atoms with van der Waals surface area (Å²) >= 11 is 9.36. The van der Waals surface area contributed by atoms with E-state index in [0.717, 1.165) is 36.6 Å². The Kier molecular flexibility index (Phi) is 10.2. The van der Waals surface area contributed by atoms with Crippen molar-refractivity contribution in [3.05, 3.63) is 121 Å². The molecule has 1 fully saturated rings. The molecule has 1 saturated carbocycles. The highest BCUT2D eigenvalue weighted by Gasteiger charge is 2.42. The van der Waals surface area contributed by atoms with Crippen LogP contribution >= 0.6 is 27.5 Å². The Balaban J connectivity index is 1.69. The van der Waals surface area contributed by atoms with E-state index in [2.05, 4.69) is 21.2 Å². The van der Waals surface area contributed by atoms with Crippen molar-refractivity contribution in [3.63, 3.8) is 0 Å². The largest absolute Gasteiger partial charge is 0.507 e. The summed E-state index contributed by atoms with van der Waals surface area (Å²) < 4.78 is 102. The van der Waals surface area contributed by atoms with Crippen LogP contribution in [0.15, 0.2) is 70.0 Å². The maximum Gasteiger partial charge on any atom is 0.339 e. The summed E-state index contributed by atoms with van der Waals surface area (Å²) in [6.07, 6.45) is 1.30. The molecule has 0 aliphatic heterocycles. The number of hydrogen-bond donors (Lipinski definition) is 3. The molecule has 252 valence electrons. The number of aromatic carboxylic acids is 1. The molecule has 16 heteroatoms. The molecule has 1 aliphatic carbocycles. The van der Waals surface area contributed by atoms with Crippen LogP contribution in [0.25, 0.3) is 0 Å². The predicted octanol–water partition coefficient (Wildman–Crippen LogP) is 7.52. The highest BCUT2D eigenvalue weighted by atomic mass is 79.9. The number of carbonyl (C=O) groups is 2. The van der Waals surface area contributed by atoms with Gasteiger partial charge < -0.3 is 15.5 Å². The number of carboxylic acid groups (broad SMARTS) is 1. The zero-order valence-electron chi connectivity index (χ0n) is 24.3. The SMILES string of the molecule is O=C(O)c1ccc(NC(=O)C(Cc2cc(Br)cc(C3CC3)c2)N(Cc2ccc(Cl)cc2)S(=O)(=O)c2c(F)c(F)c(F)c(F)c2F)cc1O. The van der Waals surface area contributed by atoms with Crippen molar-refractivity contribution < 1.29 is 50.2 Å². The van der Waals surface area contributed by atoms with Gasteiger partial charge in [-0.15, -0.1) is 0 Å². The molecule has 4 aromatic rings. The van der Waals surface area contributed by atoms with Gasteiger partial charge in [0.25, 0.3) is 0 Å². The minimum absolute atomic E-state index is 0.126. The van der Waals surface area contributed by atoms with Gasteiger partial charge in [0.2, 0.25) is 21.7 Å². The average Bonchev–Trinajstić information content (AvgIpc) is 3.87. The van der Waals surface area contributed by atoms with Gasteiger partial charge in [-0.1, -0.05) is 45.7 Å². The molecule has 8 nitrogen and oxygen atoms in total. The maximum atomic E-state index is 15.1. The lowest BCUT2D eigenvalue weighted by molar-refractivity contribution is -0.119. The molecule has 0 aromatic heterocycles. The number of amides is 1. The number of aromatic hydroxyl groups is 1. The van der Waals surface area contributed by atoms with Gasteiger partial charge in [0.1, 0.15) is 17.4 Å². The van der Waals surface area contributed by atoms with Crippen LogP contribution in [0.4, 0.5) is 27.6 Å². The number of anilines is 1. The molecular formula is C32H23BrClF5N2O6S. The molecule has 3 N–H and O–H groups in total. The van der Waals surface area contributed by atoms with E-state index in [9.17, 15) is 41.4 Å². The number of carbonyl (C=O) groups excluding carboxylic acids is 1. The van der Waals surface area contributed by atoms with Crippen LogP contribution < -0.4 is 5.32 Å². The van der Waals surface area contributed by atoms with Crippen molar-refractivity contribution >= 4 is 55.1 Å². The number of rotatable bonds is 11. The Morgan fingerprint density at radius 2 is 1.50 bits per heavy atom. The molecule has 1 amide bonds. The van der Waals surface area contributed by atoms with E-state index >= 15 is 8.78 Å². The van der Waals surface area contributed by atoms with Crippen molar-refractivity contribution in [3.8, 4) is 5.75 Å². The van der Waals surface area contributed by atoms with Crippen LogP contribution in [0.2, 0.25) is 5.02 Å². The van der Waals surface area contributed by atoms with E-state index in [4.69, 9.17) is 11.6 Å². The van der Waals surface area contributed by atoms with Gasteiger partial charge in [-0.25, -0.2) is 35.2 Å². The summed E-state index contributed by atoms with van der Waals surface area (Å²) in [5, 5.41) is 22.0. The molecule has 0 radical (unpaired) electrons. The van der Waals surface area contributed by atoms with Crippen LogP contribution in [-0.2, 0) is 27.8 Å². The third-order valence-electron chi connectivity index (χ3n) is 7.59. The molecule has 0 saturated heterocycles. The number of sulfonamides is 1. The monoisotopic (exact) mass is 772 g/mol. The number of hydrogen-bond acceptors (Lipinski definition) is 5. The van der Waals surface area contributed by atoms with Gasteiger partial charge in [0.05, 0.1) is 0 Å². The molecule has 1 unspecified atom stereocenters. The zero-order valence-corrected chi connectivity index (χ0v) is 27.4. The number of phenols is 1. The number of carboxylic acids is 1. The number of nitrogens with one attached hydrogen (secondary N) is 1. The molecule has 4 aromatic carbocycles. The van der Waals surface area contributed by atoms with Crippen molar-refractivity contribution in [1.29, 1.82) is 0 Å². The number of nitrogens with zero attached hydrogens (tertiary/aromatic N) is 1. The first-order valence-electron chi connectivity index (χ1n) is 14.0. The second-order valence-electron chi connectivity index (χ2n) is 11.0. The van der Waals surface area contributed by atoms with Crippen LogP contribution in [-0.4, -0.2) is 40.9 Å². The van der Waals surface area contributed by atoms with Crippen LogP contribution in [0.1, 0.15) is 45.8 Å². The summed E-state index contributed by atoms with van der Waals surface area (Å²) in [7, 11) is -5.74. The third-order valence-corrected chi connectivity index (χ3v) is 10.2. The lowest BCUT2D eigenvalue weighted by atomic mass is 10.0. The number of benzene rings is 4. The van der Waals surface area contributed by atoms with Crippen LogP contribution in [0.3, 0.4) is 0 Å². The van der Waals surface area contributed by atoms with Gasteiger partial charge in [0, 0.05) is 27.8 Å². The first-order chi connectivity index (χ1) is 22.6. The van der Waals surface area contributed by atoms with E-state index in [1.165, 1.54) is 24.3 Å². The Labute approximate surface area is 283 Å². The average molecular weight is 774 g/mol. The molecular weight excluding hydrogens is 751 g/mol. The molecule has 0 heterocycles. The number of halogens is 7. The third kappa shape index (κ3) is 7.33. The molecule has 1 aliphatic rings. The van der Waals surface area contributed by atoms with Gasteiger partial charge in [-0.2, -0.15) is 4.31 Å². The minimum atomic E-state index is -5.74. The van der Waals surface area contributed by atoms with E-state index in [0.29, 0.717) is 14.3 Å². The van der Waals surface area contributed by atoms with E-state index in [-0.39, 0.29) is 22.2 Å². The molecule has 0 spiro atoms. The molecule has 48 heavy (non-hydrogen) atoms. The van der Waals surface area contributed by atoms with Gasteiger partial charge in [-0.3, -0.25) is 4.79 Å². The van der Waals surface area contributed by atoms with E-state index in [1.807, 2.05) is 6.07 Å². The van der Waals surface area contributed by atoms with Crippen LogP contribution in [0, 0.1) is 29.1 Å². The smallest absolute Gasteiger partial charge is 0.339 e. The van der Waals surface area contributed by atoms with Gasteiger partial charge in [-0.05, 0) is 78.3 Å². The van der Waals surface area contributed by atoms with Crippen molar-refractivity contribution in [2.75, 3.05) is 5.32 Å².